The fraction of sp³-hybridized carbons (Fsp3) is 0.808. The van der Waals surface area contributed by atoms with E-state index < -0.39 is 14.4 Å². The Morgan fingerprint density at radius 3 is 2.65 bits per heavy atom. The van der Waals surface area contributed by atoms with E-state index in [1.54, 1.807) is 0 Å². The van der Waals surface area contributed by atoms with Gasteiger partial charge in [-0.1, -0.05) is 20.8 Å². The summed E-state index contributed by atoms with van der Waals surface area (Å²) in [5.74, 6) is 0.0113. The fourth-order valence-electron chi connectivity index (χ4n) is 4.71. The number of methoxy groups -OCH3 is 1. The van der Waals surface area contributed by atoms with E-state index in [1.165, 1.54) is 23.3 Å². The minimum atomic E-state index is -1.91. The van der Waals surface area contributed by atoms with Gasteiger partial charge in [-0.25, -0.2) is 4.79 Å². The lowest BCUT2D eigenvalue weighted by molar-refractivity contribution is -0.197. The number of thiophene rings is 1. The second-order valence-corrected chi connectivity index (χ2v) is 17.3. The predicted molar refractivity (Wildman–Crippen MR) is 138 cm³/mol. The molecule has 1 aromatic rings. The number of hydrogen-bond acceptors (Lipinski definition) is 7. The third-order valence-electron chi connectivity index (χ3n) is 7.91. The third kappa shape index (κ3) is 7.14. The monoisotopic (exact) mass is 512 g/mol. The molecule has 1 saturated heterocycles. The minimum absolute atomic E-state index is 0.0412. The van der Waals surface area contributed by atoms with Gasteiger partial charge in [0.2, 0.25) is 0 Å². The van der Waals surface area contributed by atoms with E-state index in [0.29, 0.717) is 17.9 Å². The van der Waals surface area contributed by atoms with Crippen LogP contribution in [0.15, 0.2) is 12.1 Å². The van der Waals surface area contributed by atoms with Gasteiger partial charge in [0.1, 0.15) is 4.88 Å². The van der Waals surface area contributed by atoms with Gasteiger partial charge in [-0.3, -0.25) is 0 Å². The number of carbonyl (C=O) groups excluding carboxylic acids is 1. The zero-order valence-corrected chi connectivity index (χ0v) is 23.6. The van der Waals surface area contributed by atoms with Crippen molar-refractivity contribution in [2.75, 3.05) is 20.3 Å². The van der Waals surface area contributed by atoms with Crippen molar-refractivity contribution in [3.8, 4) is 0 Å². The van der Waals surface area contributed by atoms with Gasteiger partial charge in [-0.05, 0) is 74.7 Å². The van der Waals surface area contributed by atoms with Gasteiger partial charge in [-0.2, -0.15) is 0 Å². The summed E-state index contributed by atoms with van der Waals surface area (Å²) in [5.41, 5.74) is 0. The quantitative estimate of drug-likeness (QED) is 0.316. The Labute approximate surface area is 210 Å². The van der Waals surface area contributed by atoms with E-state index >= 15 is 0 Å². The molecule has 1 N–H and O–H groups in total. The Morgan fingerprint density at radius 1 is 1.24 bits per heavy atom. The van der Waals surface area contributed by atoms with E-state index in [-0.39, 0.29) is 35.2 Å². The number of ether oxygens (including phenoxy) is 3. The summed E-state index contributed by atoms with van der Waals surface area (Å²) in [5, 5.41) is 11.2. The Kier molecular flexibility index (Phi) is 9.79. The van der Waals surface area contributed by atoms with E-state index in [0.717, 1.165) is 45.1 Å². The Hall–Kier alpha value is -0.773. The molecule has 2 aliphatic rings. The molecular formula is C26H44O6SSi. The number of aliphatic hydroxyl groups excluding tert-OH is 1. The predicted octanol–water partition coefficient (Wildman–Crippen LogP) is 5.79. The fourth-order valence-corrected chi connectivity index (χ4v) is 6.72. The van der Waals surface area contributed by atoms with Gasteiger partial charge in [0.25, 0.3) is 0 Å². The lowest BCUT2D eigenvalue weighted by atomic mass is 9.89. The summed E-state index contributed by atoms with van der Waals surface area (Å²) in [4.78, 5) is 13.5. The van der Waals surface area contributed by atoms with Crippen LogP contribution in [0.2, 0.25) is 18.1 Å². The molecule has 1 aliphatic carbocycles. The van der Waals surface area contributed by atoms with E-state index in [2.05, 4.69) is 33.9 Å². The summed E-state index contributed by atoms with van der Waals surface area (Å²) in [6.07, 6.45) is 5.93. The first kappa shape index (κ1) is 27.8. The first-order chi connectivity index (χ1) is 16.0. The van der Waals surface area contributed by atoms with Crippen LogP contribution in [0.1, 0.15) is 73.8 Å². The normalized spacial score (nSPS) is 28.3. The van der Waals surface area contributed by atoms with Crippen molar-refractivity contribution in [3.05, 3.63) is 21.9 Å². The Balaban J connectivity index is 1.64. The lowest BCUT2D eigenvalue weighted by Gasteiger charge is -2.38. The van der Waals surface area contributed by atoms with Crippen LogP contribution in [0.5, 0.6) is 0 Å². The summed E-state index contributed by atoms with van der Waals surface area (Å²) in [6, 6.07) is 3.84. The number of aryl methyl sites for hydroxylation is 1. The molecule has 1 saturated carbocycles. The van der Waals surface area contributed by atoms with Crippen molar-refractivity contribution < 1.29 is 28.5 Å². The van der Waals surface area contributed by atoms with Gasteiger partial charge in [0.05, 0.1) is 19.3 Å². The molecule has 2 unspecified atom stereocenters. The first-order valence-electron chi connectivity index (χ1n) is 12.8. The molecule has 194 valence electrons. The third-order valence-corrected chi connectivity index (χ3v) is 13.5. The number of esters is 1. The molecule has 1 aromatic heterocycles. The zero-order chi connectivity index (χ0) is 24.9. The Bertz CT molecular complexity index is 782. The topological polar surface area (TPSA) is 74.2 Å². The van der Waals surface area contributed by atoms with Crippen molar-refractivity contribution in [2.24, 2.45) is 11.8 Å². The molecule has 34 heavy (non-hydrogen) atoms. The van der Waals surface area contributed by atoms with Crippen LogP contribution in [0.3, 0.4) is 0 Å². The van der Waals surface area contributed by atoms with Crippen LogP contribution in [-0.4, -0.2) is 58.2 Å². The van der Waals surface area contributed by atoms with Crippen LogP contribution in [-0.2, 0) is 25.1 Å². The molecule has 1 aliphatic heterocycles. The highest BCUT2D eigenvalue weighted by Gasteiger charge is 2.46. The van der Waals surface area contributed by atoms with Crippen molar-refractivity contribution in [1.82, 2.24) is 0 Å². The molecular weight excluding hydrogens is 468 g/mol. The molecule has 0 aromatic carbocycles. The van der Waals surface area contributed by atoms with Crippen molar-refractivity contribution in [1.29, 1.82) is 0 Å². The van der Waals surface area contributed by atoms with Gasteiger partial charge >= 0.3 is 5.97 Å². The second kappa shape index (κ2) is 12.0. The maximum absolute atomic E-state index is 11.7. The van der Waals surface area contributed by atoms with Gasteiger partial charge in [-0.15, -0.1) is 11.3 Å². The molecule has 6 nitrogen and oxygen atoms in total. The molecule has 0 bridgehead atoms. The first-order valence-corrected chi connectivity index (χ1v) is 16.5. The van der Waals surface area contributed by atoms with Crippen LogP contribution in [0.4, 0.5) is 0 Å². The molecule has 0 spiro atoms. The summed E-state index contributed by atoms with van der Waals surface area (Å²) in [6.45, 7) is 12.7. The number of rotatable bonds is 10. The minimum Gasteiger partial charge on any atom is -0.465 e. The maximum atomic E-state index is 11.7. The standard InChI is InChI=1S/C26H44O6SSi/c1-26(2,3)34(5,6)31-17-20-19(11-9-10-18-13-14-23(33-18)25(28)29-4)21(27)16-22(20)32-24-12-7-8-15-30-24/h13-14,19-22,24,27H,7-12,15-17H2,1-6H3/t19?,20-,21+,22-,24?/m1/s1. The number of hydrogen-bond donors (Lipinski definition) is 1. The number of carbonyl (C=O) groups is 1. The molecule has 2 fully saturated rings. The highest BCUT2D eigenvalue weighted by atomic mass is 32.1. The zero-order valence-electron chi connectivity index (χ0n) is 21.8. The van der Waals surface area contributed by atoms with Crippen LogP contribution < -0.4 is 0 Å². The molecule has 0 amide bonds. The highest BCUT2D eigenvalue weighted by molar-refractivity contribution is 7.13. The second-order valence-electron chi connectivity index (χ2n) is 11.3. The largest absolute Gasteiger partial charge is 0.465 e. The average Bonchev–Trinajstić information content (AvgIpc) is 3.36. The lowest BCUT2D eigenvalue weighted by Crippen LogP contribution is -2.44. The van der Waals surface area contributed by atoms with Crippen molar-refractivity contribution in [2.45, 2.75) is 102 Å². The molecule has 5 atom stereocenters. The smallest absolute Gasteiger partial charge is 0.348 e. The van der Waals surface area contributed by atoms with Crippen molar-refractivity contribution >= 4 is 25.6 Å². The highest BCUT2D eigenvalue weighted by Crippen LogP contribution is 2.42. The average molecular weight is 513 g/mol. The van der Waals surface area contributed by atoms with Crippen LogP contribution >= 0.6 is 11.3 Å². The molecule has 0 radical (unpaired) electrons. The van der Waals surface area contributed by atoms with Crippen LogP contribution in [0, 0.1) is 11.8 Å². The molecule has 8 heteroatoms. The summed E-state index contributed by atoms with van der Waals surface area (Å²) in [7, 11) is -0.503. The van der Waals surface area contributed by atoms with E-state index in [9.17, 15) is 9.90 Å². The van der Waals surface area contributed by atoms with Gasteiger partial charge in [0.15, 0.2) is 14.6 Å². The molecule has 2 heterocycles. The SMILES string of the molecule is COC(=O)c1ccc(CCCC2[C@@H](CO[Si](C)(C)C(C)(C)C)[C@H](OC3CCCCO3)C[C@@H]2O)s1. The number of aliphatic hydroxyl groups is 1. The summed E-state index contributed by atoms with van der Waals surface area (Å²) >= 11 is 1.49. The van der Waals surface area contributed by atoms with E-state index in [1.807, 2.05) is 12.1 Å². The Morgan fingerprint density at radius 2 is 2.00 bits per heavy atom. The summed E-state index contributed by atoms with van der Waals surface area (Å²) < 4.78 is 23.7. The van der Waals surface area contributed by atoms with Gasteiger partial charge in [0, 0.05) is 30.4 Å². The molecule has 3 rings (SSSR count). The van der Waals surface area contributed by atoms with E-state index in [4.69, 9.17) is 18.6 Å². The maximum Gasteiger partial charge on any atom is 0.348 e. The van der Waals surface area contributed by atoms with Crippen LogP contribution in [0.25, 0.3) is 0 Å². The van der Waals surface area contributed by atoms with Crippen molar-refractivity contribution in [3.63, 3.8) is 0 Å². The van der Waals surface area contributed by atoms with Gasteiger partial charge < -0.3 is 23.7 Å².